The fourth-order valence-electron chi connectivity index (χ4n) is 1.95. The minimum absolute atomic E-state index is 0.362. The Morgan fingerprint density at radius 2 is 2.11 bits per heavy atom. The lowest BCUT2D eigenvalue weighted by atomic mass is 10.0. The first kappa shape index (κ1) is 15.0. The number of nitrogens with two attached hydrogens (primary N) is 1. The van der Waals surface area contributed by atoms with E-state index < -0.39 is 6.03 Å². The Morgan fingerprint density at radius 3 is 2.74 bits per heavy atom. The van der Waals surface area contributed by atoms with Crippen LogP contribution in [0.5, 0.6) is 0 Å². The lowest BCUT2D eigenvalue weighted by Gasteiger charge is -2.14. The fourth-order valence-corrected chi connectivity index (χ4v) is 1.95. The molecule has 0 fully saturated rings. The van der Waals surface area contributed by atoms with Crippen LogP contribution in [0.1, 0.15) is 37.3 Å². The van der Waals surface area contributed by atoms with Gasteiger partial charge in [-0.3, -0.25) is 10.7 Å². The quantitative estimate of drug-likeness (QED) is 0.373. The number of carbonyl (C=O) groups excluding carboxylic acids is 1. The molecular formula is C14H22N4O. The molecule has 5 heteroatoms. The number of hydrogen-bond acceptors (Lipinski definition) is 2. The molecule has 19 heavy (non-hydrogen) atoms. The molecule has 0 bridgehead atoms. The third kappa shape index (κ3) is 4.99. The topological polar surface area (TPSA) is 91.0 Å². The van der Waals surface area contributed by atoms with E-state index in [9.17, 15) is 4.79 Å². The van der Waals surface area contributed by atoms with Gasteiger partial charge in [0, 0.05) is 5.69 Å². The van der Waals surface area contributed by atoms with E-state index in [1.807, 2.05) is 25.1 Å². The standard InChI is InChI=1S/C14H22N4O/c1-3-4-5-8-11-9-6-7-10(2)12(11)17-14(19)18-13(15)16/h6-7,9H,3-5,8H2,1-2H3,(H5,15,16,17,18,19). The van der Waals surface area contributed by atoms with E-state index in [2.05, 4.69) is 17.6 Å². The van der Waals surface area contributed by atoms with Gasteiger partial charge in [0.05, 0.1) is 0 Å². The van der Waals surface area contributed by atoms with Crippen LogP contribution in [0, 0.1) is 12.3 Å². The molecule has 0 spiro atoms. The Labute approximate surface area is 114 Å². The van der Waals surface area contributed by atoms with Crippen molar-refractivity contribution in [2.75, 3.05) is 5.32 Å². The highest BCUT2D eigenvalue weighted by molar-refractivity contribution is 6.01. The van der Waals surface area contributed by atoms with Crippen molar-refractivity contribution in [2.45, 2.75) is 39.5 Å². The van der Waals surface area contributed by atoms with Gasteiger partial charge in [-0.2, -0.15) is 0 Å². The maximum Gasteiger partial charge on any atom is 0.325 e. The molecule has 5 N–H and O–H groups in total. The molecule has 0 unspecified atom stereocenters. The van der Waals surface area contributed by atoms with Crippen LogP contribution in [0.2, 0.25) is 0 Å². The van der Waals surface area contributed by atoms with Crippen LogP contribution in [-0.4, -0.2) is 12.0 Å². The maximum absolute atomic E-state index is 11.6. The van der Waals surface area contributed by atoms with Gasteiger partial charge in [0.15, 0.2) is 5.96 Å². The Balaban J connectivity index is 2.79. The van der Waals surface area contributed by atoms with Crippen LogP contribution in [0.25, 0.3) is 0 Å². The molecule has 0 aliphatic carbocycles. The van der Waals surface area contributed by atoms with Gasteiger partial charge in [-0.25, -0.2) is 4.79 Å². The van der Waals surface area contributed by atoms with Gasteiger partial charge in [0.25, 0.3) is 0 Å². The Hall–Kier alpha value is -2.04. The van der Waals surface area contributed by atoms with E-state index in [1.165, 1.54) is 12.8 Å². The molecule has 0 saturated carbocycles. The molecule has 5 nitrogen and oxygen atoms in total. The number of rotatable bonds is 5. The summed E-state index contributed by atoms with van der Waals surface area (Å²) in [5, 5.41) is 12.0. The zero-order chi connectivity index (χ0) is 14.3. The third-order valence-corrected chi connectivity index (χ3v) is 2.90. The zero-order valence-corrected chi connectivity index (χ0v) is 11.5. The van der Waals surface area contributed by atoms with Crippen molar-refractivity contribution >= 4 is 17.7 Å². The summed E-state index contributed by atoms with van der Waals surface area (Å²) in [6.07, 6.45) is 4.38. The van der Waals surface area contributed by atoms with Crippen molar-refractivity contribution in [1.29, 1.82) is 5.41 Å². The highest BCUT2D eigenvalue weighted by Gasteiger charge is 2.09. The van der Waals surface area contributed by atoms with Gasteiger partial charge in [-0.1, -0.05) is 38.0 Å². The number of nitrogens with one attached hydrogen (secondary N) is 3. The maximum atomic E-state index is 11.6. The first-order valence-corrected chi connectivity index (χ1v) is 6.55. The van der Waals surface area contributed by atoms with E-state index in [1.54, 1.807) is 0 Å². The van der Waals surface area contributed by atoms with Crippen molar-refractivity contribution in [3.63, 3.8) is 0 Å². The molecule has 0 heterocycles. The van der Waals surface area contributed by atoms with Gasteiger partial charge in [-0.15, -0.1) is 0 Å². The Bertz CT molecular complexity index is 457. The average Bonchev–Trinajstić information content (AvgIpc) is 2.32. The summed E-state index contributed by atoms with van der Waals surface area (Å²) in [6, 6.07) is 5.49. The number of amides is 2. The molecule has 0 aliphatic rings. The van der Waals surface area contributed by atoms with E-state index in [4.69, 9.17) is 11.1 Å². The SMILES string of the molecule is CCCCCc1cccc(C)c1NC(=O)NC(=N)N. The number of hydrogen-bond donors (Lipinski definition) is 4. The Kier molecular flexibility index (Phi) is 5.85. The molecule has 1 rings (SSSR count). The predicted molar refractivity (Wildman–Crippen MR) is 78.5 cm³/mol. The molecule has 2 amide bonds. The summed E-state index contributed by atoms with van der Waals surface area (Å²) in [7, 11) is 0. The largest absolute Gasteiger partial charge is 0.370 e. The third-order valence-electron chi connectivity index (χ3n) is 2.90. The number of para-hydroxylation sites is 1. The van der Waals surface area contributed by atoms with Crippen molar-refractivity contribution < 1.29 is 4.79 Å². The molecule has 0 atom stereocenters. The smallest absolute Gasteiger partial charge is 0.325 e. The van der Waals surface area contributed by atoms with E-state index in [0.29, 0.717) is 0 Å². The predicted octanol–water partition coefficient (Wildman–Crippen LogP) is 2.74. The van der Waals surface area contributed by atoms with Crippen LogP contribution in [-0.2, 0) is 6.42 Å². The number of unbranched alkanes of at least 4 members (excludes halogenated alkanes) is 2. The van der Waals surface area contributed by atoms with Gasteiger partial charge >= 0.3 is 6.03 Å². The second-order valence-corrected chi connectivity index (χ2v) is 4.56. The zero-order valence-electron chi connectivity index (χ0n) is 11.5. The molecule has 0 saturated heterocycles. The van der Waals surface area contributed by atoms with E-state index in [0.717, 1.165) is 29.7 Å². The van der Waals surface area contributed by atoms with E-state index >= 15 is 0 Å². The lowest BCUT2D eigenvalue weighted by Crippen LogP contribution is -2.39. The summed E-state index contributed by atoms with van der Waals surface area (Å²) < 4.78 is 0. The Morgan fingerprint density at radius 1 is 1.37 bits per heavy atom. The van der Waals surface area contributed by atoms with Crippen LogP contribution in [0.3, 0.4) is 0 Å². The van der Waals surface area contributed by atoms with Gasteiger partial charge < -0.3 is 11.1 Å². The molecular weight excluding hydrogens is 240 g/mol. The van der Waals surface area contributed by atoms with Crippen molar-refractivity contribution in [3.8, 4) is 0 Å². The van der Waals surface area contributed by atoms with Crippen LogP contribution >= 0.6 is 0 Å². The summed E-state index contributed by atoms with van der Waals surface area (Å²) in [6.45, 7) is 4.11. The van der Waals surface area contributed by atoms with Crippen molar-refractivity contribution in [3.05, 3.63) is 29.3 Å². The summed E-state index contributed by atoms with van der Waals surface area (Å²) in [5.74, 6) is -0.362. The van der Waals surface area contributed by atoms with Crippen molar-refractivity contribution in [1.82, 2.24) is 5.32 Å². The first-order valence-electron chi connectivity index (χ1n) is 6.55. The van der Waals surface area contributed by atoms with Gasteiger partial charge in [0.2, 0.25) is 0 Å². The first-order chi connectivity index (χ1) is 9.04. The van der Waals surface area contributed by atoms with Crippen LogP contribution in [0.4, 0.5) is 10.5 Å². The number of benzene rings is 1. The minimum atomic E-state index is -0.474. The van der Waals surface area contributed by atoms with Crippen LogP contribution in [0.15, 0.2) is 18.2 Å². The van der Waals surface area contributed by atoms with Gasteiger partial charge in [0.1, 0.15) is 0 Å². The van der Waals surface area contributed by atoms with Crippen LogP contribution < -0.4 is 16.4 Å². The number of anilines is 1. The second kappa shape index (κ2) is 7.41. The number of aryl methyl sites for hydroxylation is 2. The normalized spacial score (nSPS) is 10.0. The number of carbonyl (C=O) groups is 1. The monoisotopic (exact) mass is 262 g/mol. The minimum Gasteiger partial charge on any atom is -0.370 e. The molecule has 0 radical (unpaired) electrons. The molecule has 0 aliphatic heterocycles. The number of guanidine groups is 1. The summed E-state index contributed by atoms with van der Waals surface area (Å²) in [4.78, 5) is 11.6. The second-order valence-electron chi connectivity index (χ2n) is 4.56. The highest BCUT2D eigenvalue weighted by atomic mass is 16.2. The van der Waals surface area contributed by atoms with E-state index in [-0.39, 0.29) is 5.96 Å². The highest BCUT2D eigenvalue weighted by Crippen LogP contribution is 2.22. The molecule has 1 aromatic carbocycles. The lowest BCUT2D eigenvalue weighted by molar-refractivity contribution is 0.256. The summed E-state index contributed by atoms with van der Waals surface area (Å²) >= 11 is 0. The number of urea groups is 1. The molecule has 1 aromatic rings. The average molecular weight is 262 g/mol. The van der Waals surface area contributed by atoms with Gasteiger partial charge in [-0.05, 0) is 30.9 Å². The molecule has 104 valence electrons. The summed E-state index contributed by atoms with van der Waals surface area (Å²) in [5.41, 5.74) is 8.07. The molecule has 0 aromatic heterocycles. The fraction of sp³-hybridized carbons (Fsp3) is 0.429. The van der Waals surface area contributed by atoms with Crippen molar-refractivity contribution in [2.24, 2.45) is 5.73 Å².